The van der Waals surface area contributed by atoms with Crippen molar-refractivity contribution in [3.05, 3.63) is 125 Å². The van der Waals surface area contributed by atoms with E-state index in [-0.39, 0.29) is 25.5 Å². The van der Waals surface area contributed by atoms with Crippen LogP contribution in [-0.4, -0.2) is 76.6 Å². The Morgan fingerprint density at radius 3 is 2.27 bits per heavy atom. The molecule has 0 unspecified atom stereocenters. The maximum atomic E-state index is 14.0. The van der Waals surface area contributed by atoms with Crippen molar-refractivity contribution in [2.75, 3.05) is 14.2 Å². The maximum Gasteiger partial charge on any atom is 0.407 e. The Balaban J connectivity index is 1.26. The van der Waals surface area contributed by atoms with Gasteiger partial charge < -0.3 is 40.0 Å². The lowest BCUT2D eigenvalue weighted by Gasteiger charge is -2.30. The molecule has 0 fully saturated rings. The summed E-state index contributed by atoms with van der Waals surface area (Å²) in [6, 6.07) is 25.7. The van der Waals surface area contributed by atoms with Gasteiger partial charge in [-0.1, -0.05) is 91.8 Å². The number of carbonyl (C=O) groups is 3. The second kappa shape index (κ2) is 20.1. The van der Waals surface area contributed by atoms with Gasteiger partial charge in [-0.3, -0.25) is 4.79 Å². The third-order valence-electron chi connectivity index (χ3n) is 8.94. The molecule has 4 atom stereocenters. The van der Waals surface area contributed by atoms with Gasteiger partial charge in [0.15, 0.2) is 12.4 Å². The van der Waals surface area contributed by atoms with E-state index in [9.17, 15) is 19.5 Å². The second-order valence-electron chi connectivity index (χ2n) is 13.6. The molecule has 0 spiro atoms. The van der Waals surface area contributed by atoms with Gasteiger partial charge in [0.2, 0.25) is 5.91 Å². The number of thiazole rings is 1. The molecule has 5 aromatic rings. The summed E-state index contributed by atoms with van der Waals surface area (Å²) in [5.74, 6) is 0.455. The number of carbonyl (C=O) groups excluding carboxylic acids is 3. The van der Waals surface area contributed by atoms with Crippen molar-refractivity contribution in [3.63, 3.8) is 0 Å². The Kier molecular flexibility index (Phi) is 14.8. The average molecular weight is 769 g/mol. The minimum absolute atomic E-state index is 0.0959. The van der Waals surface area contributed by atoms with Crippen molar-refractivity contribution in [2.45, 2.75) is 70.5 Å². The van der Waals surface area contributed by atoms with Gasteiger partial charge in [0.05, 0.1) is 37.7 Å². The summed E-state index contributed by atoms with van der Waals surface area (Å²) in [5, 5.41) is 26.8. The summed E-state index contributed by atoms with van der Waals surface area (Å²) in [6.45, 7) is 3.82. The first-order valence-corrected chi connectivity index (χ1v) is 19.0. The summed E-state index contributed by atoms with van der Waals surface area (Å²) in [5.41, 5.74) is 3.47. The topological polar surface area (TPSA) is 168 Å². The van der Waals surface area contributed by atoms with Gasteiger partial charge in [0.25, 0.3) is 0 Å². The predicted octanol–water partition coefficient (Wildman–Crippen LogP) is 5.99. The van der Waals surface area contributed by atoms with E-state index < -0.39 is 42.3 Å². The molecular weight excluding hydrogens is 721 g/mol. The SMILES string of the molecule is COc1cccc(-c2nc(CN(C)C(=O)N[C@H](C(=O)N[C@@H](Cc3ccccc3)C[C@H](O)[C@H](Cc3ccccc3)NC(=O)OCc3ccno3)C(C)C)cs2)c1. The number of ether oxygens (including phenoxy) is 2. The molecule has 5 rings (SSSR count). The molecule has 0 aliphatic heterocycles. The molecule has 0 saturated carbocycles. The van der Waals surface area contributed by atoms with Gasteiger partial charge in [0, 0.05) is 30.1 Å². The zero-order chi connectivity index (χ0) is 39.2. The van der Waals surface area contributed by atoms with Gasteiger partial charge in [-0.05, 0) is 48.4 Å². The molecule has 0 aliphatic rings. The van der Waals surface area contributed by atoms with E-state index in [0.29, 0.717) is 24.3 Å². The van der Waals surface area contributed by atoms with E-state index in [4.69, 9.17) is 19.0 Å². The molecule has 290 valence electrons. The molecule has 0 bridgehead atoms. The number of alkyl carbamates (subject to hydrolysis) is 1. The molecule has 4 amide bonds. The fourth-order valence-corrected chi connectivity index (χ4v) is 6.81. The number of hydrogen-bond acceptors (Lipinski definition) is 10. The number of aromatic nitrogens is 2. The van der Waals surface area contributed by atoms with Crippen LogP contribution in [0.15, 0.2) is 107 Å². The molecule has 4 N–H and O–H groups in total. The highest BCUT2D eigenvalue weighted by molar-refractivity contribution is 7.13. The van der Waals surface area contributed by atoms with E-state index in [1.807, 2.05) is 104 Å². The summed E-state index contributed by atoms with van der Waals surface area (Å²) < 4.78 is 15.7. The molecule has 13 nitrogen and oxygen atoms in total. The molecular formula is C41H48N6O7S. The first-order chi connectivity index (χ1) is 26.6. The molecule has 2 heterocycles. The van der Waals surface area contributed by atoms with Crippen LogP contribution < -0.4 is 20.7 Å². The van der Waals surface area contributed by atoms with E-state index in [1.54, 1.807) is 20.2 Å². The van der Waals surface area contributed by atoms with Crippen molar-refractivity contribution in [3.8, 4) is 16.3 Å². The fraction of sp³-hybridized carbons (Fsp3) is 0.341. The number of urea groups is 1. The van der Waals surface area contributed by atoms with Crippen LogP contribution in [0.4, 0.5) is 9.59 Å². The third kappa shape index (κ3) is 12.4. The zero-order valence-corrected chi connectivity index (χ0v) is 32.2. The number of methoxy groups -OCH3 is 1. The lowest BCUT2D eigenvalue weighted by Crippen LogP contribution is -2.55. The molecule has 0 saturated heterocycles. The van der Waals surface area contributed by atoms with Gasteiger partial charge in [0.1, 0.15) is 16.8 Å². The quantitative estimate of drug-likeness (QED) is 0.0838. The predicted molar refractivity (Wildman–Crippen MR) is 209 cm³/mol. The van der Waals surface area contributed by atoms with Crippen LogP contribution in [0.5, 0.6) is 5.75 Å². The zero-order valence-electron chi connectivity index (χ0n) is 31.4. The summed E-state index contributed by atoms with van der Waals surface area (Å²) in [7, 11) is 3.27. The van der Waals surface area contributed by atoms with Crippen LogP contribution in [0.2, 0.25) is 0 Å². The standard InChI is InChI=1S/C41H48N6O7S/c1-27(2)37(46-40(50)47(3)24-32-26-55-39(44-32)30-16-11-17-33(22-30)52-4)38(49)43-31(20-28-12-7-5-8-13-28)23-36(48)35(21-29-14-9-6-10-15-29)45-41(51)53-25-34-18-19-42-54-34/h5-19,22,26-27,31,35-37,48H,20-21,23-25H2,1-4H3,(H,43,49)(H,45,51)(H,46,50)/t31-,35-,36-,37-/m0/s1. The molecule has 2 aromatic heterocycles. The van der Waals surface area contributed by atoms with Crippen molar-refractivity contribution in [1.82, 2.24) is 31.0 Å². The largest absolute Gasteiger partial charge is 0.497 e. The van der Waals surface area contributed by atoms with Crippen LogP contribution in [-0.2, 0) is 35.5 Å². The maximum absolute atomic E-state index is 14.0. The molecule has 55 heavy (non-hydrogen) atoms. The van der Waals surface area contributed by atoms with Crippen molar-refractivity contribution >= 4 is 29.4 Å². The summed E-state index contributed by atoms with van der Waals surface area (Å²) in [4.78, 5) is 46.5. The number of nitrogens with one attached hydrogen (secondary N) is 3. The summed E-state index contributed by atoms with van der Waals surface area (Å²) in [6.07, 6.45) is 0.429. The van der Waals surface area contributed by atoms with Crippen LogP contribution >= 0.6 is 11.3 Å². The van der Waals surface area contributed by atoms with Gasteiger partial charge >= 0.3 is 12.1 Å². The van der Waals surface area contributed by atoms with Crippen LogP contribution in [0.3, 0.4) is 0 Å². The number of amides is 4. The van der Waals surface area contributed by atoms with Gasteiger partial charge in [-0.15, -0.1) is 11.3 Å². The minimum atomic E-state index is -1.09. The third-order valence-corrected chi connectivity index (χ3v) is 9.88. The average Bonchev–Trinajstić information content (AvgIpc) is 3.89. The van der Waals surface area contributed by atoms with Crippen LogP contribution in [0.1, 0.15) is 42.8 Å². The number of benzene rings is 3. The molecule has 0 radical (unpaired) electrons. The Morgan fingerprint density at radius 2 is 1.62 bits per heavy atom. The molecule has 3 aromatic carbocycles. The lowest BCUT2D eigenvalue weighted by atomic mass is 9.93. The highest BCUT2D eigenvalue weighted by atomic mass is 32.1. The van der Waals surface area contributed by atoms with E-state index in [2.05, 4.69) is 21.1 Å². The smallest absolute Gasteiger partial charge is 0.407 e. The van der Waals surface area contributed by atoms with Crippen LogP contribution in [0, 0.1) is 5.92 Å². The first kappa shape index (κ1) is 40.5. The number of hydrogen-bond donors (Lipinski definition) is 4. The Labute approximate surface area is 325 Å². The molecule has 14 heteroatoms. The second-order valence-corrected chi connectivity index (χ2v) is 14.5. The lowest BCUT2D eigenvalue weighted by molar-refractivity contribution is -0.124. The van der Waals surface area contributed by atoms with Crippen molar-refractivity contribution in [2.24, 2.45) is 5.92 Å². The van der Waals surface area contributed by atoms with Gasteiger partial charge in [-0.25, -0.2) is 14.6 Å². The first-order valence-electron chi connectivity index (χ1n) is 18.1. The minimum Gasteiger partial charge on any atom is -0.497 e. The van der Waals surface area contributed by atoms with Crippen molar-refractivity contribution < 1.29 is 33.5 Å². The Bertz CT molecular complexity index is 1940. The van der Waals surface area contributed by atoms with E-state index in [0.717, 1.165) is 27.4 Å². The van der Waals surface area contributed by atoms with E-state index in [1.165, 1.54) is 22.4 Å². The highest BCUT2D eigenvalue weighted by Gasteiger charge is 2.31. The fourth-order valence-electron chi connectivity index (χ4n) is 6.00. The highest BCUT2D eigenvalue weighted by Crippen LogP contribution is 2.27. The van der Waals surface area contributed by atoms with Gasteiger partial charge in [-0.2, -0.15) is 0 Å². The van der Waals surface area contributed by atoms with E-state index >= 15 is 0 Å². The number of nitrogens with zero attached hydrogens (tertiary/aromatic N) is 3. The monoisotopic (exact) mass is 768 g/mol. The Hall–Kier alpha value is -5.73. The number of aliphatic hydroxyl groups is 1. The summed E-state index contributed by atoms with van der Waals surface area (Å²) >= 11 is 1.47. The Morgan fingerprint density at radius 1 is 0.909 bits per heavy atom. The molecule has 0 aliphatic carbocycles. The van der Waals surface area contributed by atoms with Crippen LogP contribution in [0.25, 0.3) is 10.6 Å². The number of aliphatic hydroxyl groups excluding tert-OH is 1. The number of rotatable bonds is 18. The normalized spacial score (nSPS) is 13.3. The van der Waals surface area contributed by atoms with Crippen molar-refractivity contribution in [1.29, 1.82) is 0 Å².